The van der Waals surface area contributed by atoms with E-state index in [1.54, 1.807) is 42.7 Å². The molecule has 0 radical (unpaired) electrons. The summed E-state index contributed by atoms with van der Waals surface area (Å²) in [5.74, 6) is 0.118. The summed E-state index contributed by atoms with van der Waals surface area (Å²) in [6.07, 6.45) is 2.07. The van der Waals surface area contributed by atoms with Crippen molar-refractivity contribution in [2.24, 2.45) is 5.10 Å². The Balaban J connectivity index is 1.50. The minimum Gasteiger partial charge on any atom is -0.497 e. The first-order chi connectivity index (χ1) is 15.0. The predicted molar refractivity (Wildman–Crippen MR) is 114 cm³/mol. The summed E-state index contributed by atoms with van der Waals surface area (Å²) >= 11 is 0. The van der Waals surface area contributed by atoms with Crippen molar-refractivity contribution in [2.45, 2.75) is 19.4 Å². The molecule has 0 N–H and O–H groups in total. The Labute approximate surface area is 179 Å². The molecule has 0 saturated carbocycles. The third-order valence-corrected chi connectivity index (χ3v) is 5.05. The zero-order valence-electron chi connectivity index (χ0n) is 17.3. The number of carbonyl (C=O) groups excluding carboxylic acids is 2. The monoisotopic (exact) mass is 418 g/mol. The molecule has 1 atom stereocenters. The van der Waals surface area contributed by atoms with Crippen LogP contribution in [0.25, 0.3) is 0 Å². The number of furan rings is 1. The number of rotatable bonds is 6. The van der Waals surface area contributed by atoms with E-state index in [4.69, 9.17) is 13.9 Å². The third kappa shape index (κ3) is 4.50. The molecule has 1 amide bonds. The van der Waals surface area contributed by atoms with Crippen LogP contribution in [-0.4, -0.2) is 36.3 Å². The fourth-order valence-corrected chi connectivity index (χ4v) is 3.39. The summed E-state index contributed by atoms with van der Waals surface area (Å²) in [7, 11) is 1.51. The van der Waals surface area contributed by atoms with E-state index in [-0.39, 0.29) is 0 Å². The number of hydrogen-bond acceptors (Lipinski definition) is 6. The lowest BCUT2D eigenvalue weighted by atomic mass is 10.0. The Bertz CT molecular complexity index is 1100. The van der Waals surface area contributed by atoms with Gasteiger partial charge in [0.05, 0.1) is 24.6 Å². The average Bonchev–Trinajstić information content (AvgIpc) is 3.48. The molecule has 31 heavy (non-hydrogen) atoms. The molecule has 158 valence electrons. The van der Waals surface area contributed by atoms with E-state index in [2.05, 4.69) is 5.10 Å². The summed E-state index contributed by atoms with van der Waals surface area (Å²) in [4.78, 5) is 25.3. The second kappa shape index (κ2) is 8.87. The van der Waals surface area contributed by atoms with Crippen LogP contribution >= 0.6 is 0 Å². The van der Waals surface area contributed by atoms with Crippen molar-refractivity contribution < 1.29 is 23.5 Å². The Kier molecular flexibility index (Phi) is 5.84. The van der Waals surface area contributed by atoms with Gasteiger partial charge in [-0.25, -0.2) is 9.80 Å². The molecule has 2 aromatic carbocycles. The Hall–Kier alpha value is -3.87. The molecule has 7 heteroatoms. The maximum absolute atomic E-state index is 12.9. The van der Waals surface area contributed by atoms with Crippen LogP contribution in [0.2, 0.25) is 0 Å². The van der Waals surface area contributed by atoms with Crippen molar-refractivity contribution in [3.8, 4) is 5.75 Å². The fraction of sp³-hybridized carbons (Fsp3) is 0.208. The van der Waals surface area contributed by atoms with Gasteiger partial charge in [0.1, 0.15) is 17.6 Å². The first-order valence-electron chi connectivity index (χ1n) is 9.86. The van der Waals surface area contributed by atoms with Crippen molar-refractivity contribution in [3.05, 3.63) is 89.4 Å². The van der Waals surface area contributed by atoms with E-state index >= 15 is 0 Å². The maximum Gasteiger partial charge on any atom is 0.338 e. The lowest BCUT2D eigenvalue weighted by Crippen LogP contribution is -2.31. The third-order valence-electron chi connectivity index (χ3n) is 5.05. The number of carbonyl (C=O) groups is 2. The van der Waals surface area contributed by atoms with E-state index in [9.17, 15) is 9.59 Å². The largest absolute Gasteiger partial charge is 0.497 e. The molecular weight excluding hydrogens is 396 g/mol. The van der Waals surface area contributed by atoms with Gasteiger partial charge in [-0.05, 0) is 42.8 Å². The summed E-state index contributed by atoms with van der Waals surface area (Å²) in [6, 6.07) is 17.7. The Morgan fingerprint density at radius 1 is 1.13 bits per heavy atom. The number of hydrogen-bond donors (Lipinski definition) is 0. The number of hydrazone groups is 1. The summed E-state index contributed by atoms with van der Waals surface area (Å²) in [5.41, 5.74) is 3.15. The molecule has 0 aliphatic carbocycles. The number of benzene rings is 2. The van der Waals surface area contributed by atoms with Crippen LogP contribution in [0, 0.1) is 6.92 Å². The van der Waals surface area contributed by atoms with Gasteiger partial charge in [-0.1, -0.05) is 35.9 Å². The molecule has 0 bridgehead atoms. The summed E-state index contributed by atoms with van der Waals surface area (Å²) < 4.78 is 15.9. The quantitative estimate of drug-likeness (QED) is 0.562. The first kappa shape index (κ1) is 20.4. The predicted octanol–water partition coefficient (Wildman–Crippen LogP) is 4.13. The SMILES string of the molecule is COc1cccc(C(=O)OCC(=O)N2N=C(c3ccc(C)cc3)C[C@@H]2c2ccco2)c1. The van der Waals surface area contributed by atoms with Gasteiger partial charge >= 0.3 is 5.97 Å². The number of methoxy groups -OCH3 is 1. The van der Waals surface area contributed by atoms with Gasteiger partial charge in [0.25, 0.3) is 5.91 Å². The molecule has 0 fully saturated rings. The molecule has 2 heterocycles. The van der Waals surface area contributed by atoms with Crippen LogP contribution in [0.4, 0.5) is 0 Å². The van der Waals surface area contributed by atoms with E-state index in [1.165, 1.54) is 12.1 Å². The number of ether oxygens (including phenoxy) is 2. The molecule has 0 saturated heterocycles. The van der Waals surface area contributed by atoms with Crippen LogP contribution in [0.15, 0.2) is 76.4 Å². The van der Waals surface area contributed by atoms with Gasteiger partial charge in [0.15, 0.2) is 6.61 Å². The molecular formula is C24H22N2O5. The summed E-state index contributed by atoms with van der Waals surface area (Å²) in [5, 5.41) is 5.87. The van der Waals surface area contributed by atoms with Gasteiger partial charge in [0, 0.05) is 6.42 Å². The number of aryl methyl sites for hydroxylation is 1. The lowest BCUT2D eigenvalue weighted by Gasteiger charge is -2.19. The molecule has 0 spiro atoms. The molecule has 4 rings (SSSR count). The molecule has 1 aliphatic rings. The van der Waals surface area contributed by atoms with Crippen LogP contribution in [-0.2, 0) is 9.53 Å². The first-order valence-corrected chi connectivity index (χ1v) is 9.86. The minimum atomic E-state index is -0.608. The second-order valence-electron chi connectivity index (χ2n) is 7.19. The highest BCUT2D eigenvalue weighted by molar-refractivity contribution is 6.03. The Morgan fingerprint density at radius 2 is 1.94 bits per heavy atom. The van der Waals surface area contributed by atoms with Gasteiger partial charge in [0.2, 0.25) is 0 Å². The highest BCUT2D eigenvalue weighted by atomic mass is 16.5. The maximum atomic E-state index is 12.9. The van der Waals surface area contributed by atoms with Crippen LogP contribution < -0.4 is 4.74 Å². The second-order valence-corrected chi connectivity index (χ2v) is 7.19. The molecule has 7 nitrogen and oxygen atoms in total. The van der Waals surface area contributed by atoms with Gasteiger partial charge in [-0.3, -0.25) is 4.79 Å². The average molecular weight is 418 g/mol. The van der Waals surface area contributed by atoms with Crippen LogP contribution in [0.1, 0.15) is 39.7 Å². The molecule has 1 aromatic heterocycles. The minimum absolute atomic E-state index is 0.306. The fourth-order valence-electron chi connectivity index (χ4n) is 3.39. The van der Waals surface area contributed by atoms with Crippen LogP contribution in [0.3, 0.4) is 0 Å². The van der Waals surface area contributed by atoms with Gasteiger partial charge in [-0.2, -0.15) is 5.10 Å². The number of amides is 1. The van der Waals surface area contributed by atoms with E-state index in [0.29, 0.717) is 23.5 Å². The Morgan fingerprint density at radius 3 is 2.65 bits per heavy atom. The van der Waals surface area contributed by atoms with Crippen molar-refractivity contribution >= 4 is 17.6 Å². The van der Waals surface area contributed by atoms with Crippen molar-refractivity contribution in [3.63, 3.8) is 0 Å². The van der Waals surface area contributed by atoms with Gasteiger partial charge < -0.3 is 13.9 Å². The number of nitrogens with zero attached hydrogens (tertiary/aromatic N) is 2. The lowest BCUT2D eigenvalue weighted by molar-refractivity contribution is -0.136. The standard InChI is InChI=1S/C24H22N2O5/c1-16-8-10-17(11-9-16)20-14-21(22-7-4-12-30-22)26(25-20)23(27)15-31-24(28)18-5-3-6-19(13-18)29-2/h3-13,21H,14-15H2,1-2H3/t21-/m1/s1. The van der Waals surface area contributed by atoms with Gasteiger partial charge in [-0.15, -0.1) is 0 Å². The molecule has 1 aliphatic heterocycles. The zero-order chi connectivity index (χ0) is 21.8. The zero-order valence-corrected chi connectivity index (χ0v) is 17.3. The van der Waals surface area contributed by atoms with Crippen molar-refractivity contribution in [2.75, 3.05) is 13.7 Å². The topological polar surface area (TPSA) is 81.3 Å². The van der Waals surface area contributed by atoms with Crippen LogP contribution in [0.5, 0.6) is 5.75 Å². The normalized spacial score (nSPS) is 15.5. The van der Waals surface area contributed by atoms with Crippen molar-refractivity contribution in [1.82, 2.24) is 5.01 Å². The highest BCUT2D eigenvalue weighted by Crippen LogP contribution is 2.33. The van der Waals surface area contributed by atoms with Crippen molar-refractivity contribution in [1.29, 1.82) is 0 Å². The number of esters is 1. The molecule has 3 aromatic rings. The summed E-state index contributed by atoms with van der Waals surface area (Å²) in [6.45, 7) is 1.58. The van der Waals surface area contributed by atoms with E-state index in [1.807, 2.05) is 31.2 Å². The van der Waals surface area contributed by atoms with E-state index in [0.717, 1.165) is 16.8 Å². The smallest absolute Gasteiger partial charge is 0.338 e. The highest BCUT2D eigenvalue weighted by Gasteiger charge is 2.35. The van der Waals surface area contributed by atoms with E-state index < -0.39 is 24.5 Å². The molecule has 0 unspecified atom stereocenters.